The molecule has 0 saturated heterocycles. The summed E-state index contributed by atoms with van der Waals surface area (Å²) in [6.45, 7) is 3.71. The van der Waals surface area contributed by atoms with Crippen molar-refractivity contribution >= 4 is 46.6 Å². The van der Waals surface area contributed by atoms with Gasteiger partial charge in [0, 0.05) is 17.0 Å². The summed E-state index contributed by atoms with van der Waals surface area (Å²) in [5.41, 5.74) is -0.357. The zero-order chi connectivity index (χ0) is 22.3. The Bertz CT molecular complexity index is 906. The van der Waals surface area contributed by atoms with Gasteiger partial charge in [-0.3, -0.25) is 9.59 Å². The van der Waals surface area contributed by atoms with E-state index in [1.807, 2.05) is 6.92 Å². The van der Waals surface area contributed by atoms with Gasteiger partial charge in [-0.05, 0) is 49.2 Å². The van der Waals surface area contributed by atoms with Crippen LogP contribution >= 0.6 is 23.4 Å². The molecule has 30 heavy (non-hydrogen) atoms. The number of rotatable bonds is 8. The molecule has 2 amide bonds. The lowest BCUT2D eigenvalue weighted by Crippen LogP contribution is -2.25. The molecule has 2 aromatic carbocycles. The largest absolute Gasteiger partial charge is 0.416 e. The van der Waals surface area contributed by atoms with E-state index in [2.05, 4.69) is 10.6 Å². The van der Waals surface area contributed by atoms with Crippen molar-refractivity contribution in [1.29, 1.82) is 0 Å². The number of amides is 2. The highest BCUT2D eigenvalue weighted by Gasteiger charge is 2.31. The second kappa shape index (κ2) is 10.7. The Morgan fingerprint density at radius 2 is 1.83 bits per heavy atom. The van der Waals surface area contributed by atoms with Gasteiger partial charge in [0.05, 0.1) is 21.5 Å². The second-order valence-corrected chi connectivity index (χ2v) is 8.21. The number of alkyl halides is 3. The number of carbonyl (C=O) groups is 2. The molecule has 2 N–H and O–H groups in total. The molecule has 2 aromatic rings. The zero-order valence-electron chi connectivity index (χ0n) is 16.5. The van der Waals surface area contributed by atoms with E-state index in [-0.39, 0.29) is 16.6 Å². The maximum Gasteiger partial charge on any atom is 0.416 e. The van der Waals surface area contributed by atoms with Crippen molar-refractivity contribution in [3.8, 4) is 0 Å². The molecule has 2 rings (SSSR count). The number of benzene rings is 2. The first kappa shape index (κ1) is 24.1. The monoisotopic (exact) mass is 458 g/mol. The van der Waals surface area contributed by atoms with Crippen LogP contribution in [-0.2, 0) is 15.8 Å². The molecule has 0 fully saturated rings. The summed E-state index contributed by atoms with van der Waals surface area (Å²) in [6, 6.07) is 9.86. The van der Waals surface area contributed by atoms with Crippen LogP contribution in [0.2, 0.25) is 5.02 Å². The standard InChI is InChI=1S/C21H22ClF3N2O2S/c1-3-6-19(28)26-14-7-5-8-15(12-14)30-18(4-2)20(29)27-17-11-13(21(23,24)25)9-10-16(17)22/h5,7-12,18H,3-4,6H2,1-2H3,(H,26,28)(H,27,29). The Morgan fingerprint density at radius 1 is 1.10 bits per heavy atom. The number of nitrogens with one attached hydrogen (secondary N) is 2. The number of hydrogen-bond donors (Lipinski definition) is 2. The van der Waals surface area contributed by atoms with Crippen molar-refractivity contribution in [3.63, 3.8) is 0 Å². The minimum absolute atomic E-state index is 0.0248. The lowest BCUT2D eigenvalue weighted by Gasteiger charge is -2.17. The molecular formula is C21H22ClF3N2O2S. The first-order valence-electron chi connectivity index (χ1n) is 9.38. The number of thioether (sulfide) groups is 1. The number of hydrogen-bond acceptors (Lipinski definition) is 3. The average Bonchev–Trinajstić information content (AvgIpc) is 2.67. The van der Waals surface area contributed by atoms with Crippen LogP contribution in [0.4, 0.5) is 24.5 Å². The topological polar surface area (TPSA) is 58.2 Å². The molecular weight excluding hydrogens is 437 g/mol. The Morgan fingerprint density at radius 3 is 2.47 bits per heavy atom. The molecule has 1 atom stereocenters. The third-order valence-electron chi connectivity index (χ3n) is 4.09. The highest BCUT2D eigenvalue weighted by molar-refractivity contribution is 8.00. The van der Waals surface area contributed by atoms with Crippen molar-refractivity contribution in [1.82, 2.24) is 0 Å². The Labute approximate surface area is 182 Å². The third-order valence-corrected chi connectivity index (χ3v) is 5.78. The Kier molecular flexibility index (Phi) is 8.61. The summed E-state index contributed by atoms with van der Waals surface area (Å²) in [6.07, 6.45) is -2.95. The summed E-state index contributed by atoms with van der Waals surface area (Å²) in [4.78, 5) is 25.2. The van der Waals surface area contributed by atoms with Gasteiger partial charge in [-0.2, -0.15) is 13.2 Å². The molecule has 0 aliphatic rings. The molecule has 0 saturated carbocycles. The van der Waals surface area contributed by atoms with Crippen molar-refractivity contribution < 1.29 is 22.8 Å². The van der Waals surface area contributed by atoms with Crippen LogP contribution in [-0.4, -0.2) is 17.1 Å². The van der Waals surface area contributed by atoms with Crippen molar-refractivity contribution in [3.05, 3.63) is 53.1 Å². The van der Waals surface area contributed by atoms with Gasteiger partial charge < -0.3 is 10.6 Å². The highest BCUT2D eigenvalue weighted by atomic mass is 35.5. The van der Waals surface area contributed by atoms with E-state index in [1.165, 1.54) is 11.8 Å². The van der Waals surface area contributed by atoms with Crippen molar-refractivity contribution in [2.75, 3.05) is 10.6 Å². The van der Waals surface area contributed by atoms with Crippen LogP contribution in [0.15, 0.2) is 47.4 Å². The highest BCUT2D eigenvalue weighted by Crippen LogP contribution is 2.35. The quantitative estimate of drug-likeness (QED) is 0.438. The van der Waals surface area contributed by atoms with E-state index in [0.717, 1.165) is 29.5 Å². The average molecular weight is 459 g/mol. The fourth-order valence-electron chi connectivity index (χ4n) is 2.59. The normalized spacial score (nSPS) is 12.3. The smallest absolute Gasteiger partial charge is 0.326 e. The molecule has 1 unspecified atom stereocenters. The van der Waals surface area contributed by atoms with Gasteiger partial charge in [-0.1, -0.05) is 31.5 Å². The summed E-state index contributed by atoms with van der Waals surface area (Å²) in [5, 5.41) is 4.76. The predicted molar refractivity (Wildman–Crippen MR) is 115 cm³/mol. The molecule has 0 aliphatic heterocycles. The van der Waals surface area contributed by atoms with Gasteiger partial charge in [0.15, 0.2) is 0 Å². The molecule has 0 radical (unpaired) electrons. The molecule has 4 nitrogen and oxygen atoms in total. The SMILES string of the molecule is CCCC(=O)Nc1cccc(SC(CC)C(=O)Nc2cc(C(F)(F)F)ccc2Cl)c1. The van der Waals surface area contributed by atoms with Crippen LogP contribution in [0.3, 0.4) is 0 Å². The minimum Gasteiger partial charge on any atom is -0.326 e. The fourth-order valence-corrected chi connectivity index (χ4v) is 3.77. The van der Waals surface area contributed by atoms with E-state index >= 15 is 0 Å². The summed E-state index contributed by atoms with van der Waals surface area (Å²) in [7, 11) is 0. The van der Waals surface area contributed by atoms with Crippen LogP contribution < -0.4 is 10.6 Å². The zero-order valence-corrected chi connectivity index (χ0v) is 18.0. The fraction of sp³-hybridized carbons (Fsp3) is 0.333. The summed E-state index contributed by atoms with van der Waals surface area (Å²) < 4.78 is 38.8. The van der Waals surface area contributed by atoms with Crippen molar-refractivity contribution in [2.45, 2.75) is 49.4 Å². The predicted octanol–water partition coefficient (Wildman–Crippen LogP) is 6.61. The van der Waals surface area contributed by atoms with Crippen LogP contribution in [0, 0.1) is 0 Å². The van der Waals surface area contributed by atoms with E-state index in [0.29, 0.717) is 18.5 Å². The molecule has 0 aliphatic carbocycles. The van der Waals surface area contributed by atoms with E-state index in [4.69, 9.17) is 11.6 Å². The third kappa shape index (κ3) is 6.95. The van der Waals surface area contributed by atoms with Gasteiger partial charge in [0.1, 0.15) is 0 Å². The van der Waals surface area contributed by atoms with Crippen molar-refractivity contribution in [2.24, 2.45) is 0 Å². The number of anilines is 2. The van der Waals surface area contributed by atoms with E-state index in [9.17, 15) is 22.8 Å². The van der Waals surface area contributed by atoms with Crippen LogP contribution in [0.5, 0.6) is 0 Å². The van der Waals surface area contributed by atoms with Crippen LogP contribution in [0.25, 0.3) is 0 Å². The molecule has 0 aromatic heterocycles. The van der Waals surface area contributed by atoms with Gasteiger partial charge in [-0.15, -0.1) is 11.8 Å². The van der Waals surface area contributed by atoms with Gasteiger partial charge in [-0.25, -0.2) is 0 Å². The number of carbonyl (C=O) groups excluding carboxylic acids is 2. The number of halogens is 4. The van der Waals surface area contributed by atoms with E-state index in [1.54, 1.807) is 31.2 Å². The molecule has 162 valence electrons. The lowest BCUT2D eigenvalue weighted by molar-refractivity contribution is -0.137. The molecule has 0 spiro atoms. The maximum atomic E-state index is 12.9. The molecule has 0 heterocycles. The van der Waals surface area contributed by atoms with Gasteiger partial charge >= 0.3 is 6.18 Å². The van der Waals surface area contributed by atoms with Crippen LogP contribution in [0.1, 0.15) is 38.7 Å². The second-order valence-electron chi connectivity index (χ2n) is 6.52. The molecule has 0 bridgehead atoms. The maximum absolute atomic E-state index is 12.9. The van der Waals surface area contributed by atoms with E-state index < -0.39 is 22.9 Å². The lowest BCUT2D eigenvalue weighted by atomic mass is 10.2. The van der Waals surface area contributed by atoms with Gasteiger partial charge in [0.2, 0.25) is 11.8 Å². The minimum atomic E-state index is -4.54. The molecule has 9 heteroatoms. The Hall–Kier alpha value is -2.19. The first-order chi connectivity index (χ1) is 14.1. The summed E-state index contributed by atoms with van der Waals surface area (Å²) >= 11 is 7.22. The Balaban J connectivity index is 2.12. The first-order valence-corrected chi connectivity index (χ1v) is 10.6. The van der Waals surface area contributed by atoms with Gasteiger partial charge in [0.25, 0.3) is 0 Å². The summed E-state index contributed by atoms with van der Waals surface area (Å²) in [5.74, 6) is -0.548.